The van der Waals surface area contributed by atoms with Gasteiger partial charge in [-0.1, -0.05) is 84.9 Å². The van der Waals surface area contributed by atoms with Gasteiger partial charge in [-0.15, -0.1) is 0 Å². The summed E-state index contributed by atoms with van der Waals surface area (Å²) in [4.78, 5) is 21.0. The maximum absolute atomic E-state index is 14.1. The minimum absolute atomic E-state index is 0.249. The Morgan fingerprint density at radius 2 is 1.27 bits per heavy atom. The zero-order valence-corrected chi connectivity index (χ0v) is 19.5. The van der Waals surface area contributed by atoms with Crippen LogP contribution in [0.1, 0.15) is 22.3 Å². The minimum atomic E-state index is -0.480. The van der Waals surface area contributed by atoms with Crippen molar-refractivity contribution in [1.82, 2.24) is 14.7 Å². The summed E-state index contributed by atoms with van der Waals surface area (Å²) in [7, 11) is 1.96. The van der Waals surface area contributed by atoms with Gasteiger partial charge in [0.1, 0.15) is 5.54 Å². The number of amides is 1. The molecule has 1 saturated heterocycles. The van der Waals surface area contributed by atoms with Gasteiger partial charge in [-0.3, -0.25) is 14.6 Å². The molecule has 0 radical (unpaired) electrons. The van der Waals surface area contributed by atoms with Crippen LogP contribution in [0, 0.1) is 0 Å². The average molecular weight is 440 g/mol. The van der Waals surface area contributed by atoms with Crippen LogP contribution in [-0.2, 0) is 30.7 Å². The molecule has 1 aliphatic heterocycles. The van der Waals surface area contributed by atoms with Gasteiger partial charge in [-0.05, 0) is 22.3 Å². The summed E-state index contributed by atoms with van der Waals surface area (Å²) >= 11 is 0. The van der Waals surface area contributed by atoms with E-state index in [1.165, 1.54) is 22.3 Å². The van der Waals surface area contributed by atoms with Crippen LogP contribution >= 0.6 is 0 Å². The van der Waals surface area contributed by atoms with Crippen molar-refractivity contribution in [2.24, 2.45) is 0 Å². The number of hydrogen-bond acceptors (Lipinski definition) is 3. The van der Waals surface area contributed by atoms with Gasteiger partial charge >= 0.3 is 0 Å². The average Bonchev–Trinajstić information content (AvgIpc) is 3.26. The van der Waals surface area contributed by atoms with Gasteiger partial charge in [0, 0.05) is 59.2 Å². The molecule has 0 bridgehead atoms. The molecule has 0 saturated carbocycles. The quantitative estimate of drug-likeness (QED) is 0.581. The molecule has 3 aromatic carbocycles. The zero-order valence-electron chi connectivity index (χ0n) is 19.5. The zero-order chi connectivity index (χ0) is 22.7. The van der Waals surface area contributed by atoms with Crippen molar-refractivity contribution in [3.8, 4) is 0 Å². The number of hydrogen-bond donors (Lipinski definition) is 0. The lowest BCUT2D eigenvalue weighted by Crippen LogP contribution is -2.64. The number of rotatable bonds is 6. The number of benzene rings is 3. The molecule has 2 aliphatic rings. The molecular formula is C29H33N3O. The number of carbonyl (C=O) groups excluding carboxylic acids is 1. The highest BCUT2D eigenvalue weighted by Crippen LogP contribution is 2.37. The van der Waals surface area contributed by atoms with Crippen LogP contribution < -0.4 is 0 Å². The summed E-state index contributed by atoms with van der Waals surface area (Å²) in [5.41, 5.74) is 4.70. The molecule has 33 heavy (non-hydrogen) atoms. The van der Waals surface area contributed by atoms with Crippen LogP contribution in [0.5, 0.6) is 0 Å². The van der Waals surface area contributed by atoms with Gasteiger partial charge in [0.25, 0.3) is 0 Å². The van der Waals surface area contributed by atoms with Gasteiger partial charge in [0.05, 0.1) is 0 Å². The first-order valence-corrected chi connectivity index (χ1v) is 12.0. The first kappa shape index (κ1) is 21.9. The molecule has 0 aromatic heterocycles. The Morgan fingerprint density at radius 1 is 0.758 bits per heavy atom. The van der Waals surface area contributed by atoms with Crippen LogP contribution in [-0.4, -0.2) is 59.4 Å². The van der Waals surface area contributed by atoms with Crippen LogP contribution in [0.4, 0.5) is 0 Å². The molecule has 1 heterocycles. The van der Waals surface area contributed by atoms with E-state index in [0.717, 1.165) is 45.6 Å². The highest BCUT2D eigenvalue weighted by Gasteiger charge is 2.50. The number of nitrogens with zero attached hydrogens (tertiary/aromatic N) is 3. The second-order valence-electron chi connectivity index (χ2n) is 9.55. The van der Waals surface area contributed by atoms with Crippen molar-refractivity contribution in [3.63, 3.8) is 0 Å². The fourth-order valence-corrected chi connectivity index (χ4v) is 5.57. The number of piperazine rings is 1. The fourth-order valence-electron chi connectivity index (χ4n) is 5.57. The second kappa shape index (κ2) is 9.50. The van der Waals surface area contributed by atoms with E-state index in [4.69, 9.17) is 0 Å². The van der Waals surface area contributed by atoms with Crippen molar-refractivity contribution >= 4 is 5.91 Å². The highest BCUT2D eigenvalue weighted by atomic mass is 16.2. The van der Waals surface area contributed by atoms with E-state index in [2.05, 4.69) is 76.5 Å². The molecule has 170 valence electrons. The van der Waals surface area contributed by atoms with Crippen LogP contribution in [0.15, 0.2) is 84.9 Å². The number of fused-ring (bicyclic) bond motifs is 1. The molecule has 0 unspecified atom stereocenters. The van der Waals surface area contributed by atoms with Crippen molar-refractivity contribution < 1.29 is 4.79 Å². The van der Waals surface area contributed by atoms with Gasteiger partial charge in [-0.2, -0.15) is 0 Å². The predicted octanol–water partition coefficient (Wildman–Crippen LogP) is 4.00. The summed E-state index contributed by atoms with van der Waals surface area (Å²) in [6, 6.07) is 29.6. The van der Waals surface area contributed by atoms with E-state index >= 15 is 0 Å². The first-order valence-electron chi connectivity index (χ1n) is 12.0. The largest absolute Gasteiger partial charge is 0.340 e. The van der Waals surface area contributed by atoms with Crippen LogP contribution in [0.25, 0.3) is 0 Å². The van der Waals surface area contributed by atoms with E-state index in [1.54, 1.807) is 0 Å². The normalized spacial score (nSPS) is 18.1. The van der Waals surface area contributed by atoms with E-state index in [9.17, 15) is 4.79 Å². The standard InChI is InChI=1S/C29H33N3O/c1-30(22-24-10-4-2-5-11-24)28(33)29(20-26-14-8-9-15-27(26)21-29)32-18-16-31(17-19-32)23-25-12-6-3-7-13-25/h2-15H,16-23H2,1H3. The maximum atomic E-state index is 14.1. The molecule has 0 N–H and O–H groups in total. The van der Waals surface area contributed by atoms with Crippen molar-refractivity contribution in [2.75, 3.05) is 33.2 Å². The third-order valence-corrected chi connectivity index (χ3v) is 7.32. The van der Waals surface area contributed by atoms with E-state index in [-0.39, 0.29) is 5.91 Å². The van der Waals surface area contributed by atoms with Gasteiger partial charge < -0.3 is 4.90 Å². The Kier molecular flexibility index (Phi) is 6.30. The van der Waals surface area contributed by atoms with Crippen LogP contribution in [0.2, 0.25) is 0 Å². The Morgan fingerprint density at radius 3 is 1.85 bits per heavy atom. The molecule has 1 fully saturated rings. The summed E-state index contributed by atoms with van der Waals surface area (Å²) in [5.74, 6) is 0.249. The summed E-state index contributed by atoms with van der Waals surface area (Å²) in [6.45, 7) is 5.44. The summed E-state index contributed by atoms with van der Waals surface area (Å²) in [5, 5.41) is 0. The lowest BCUT2D eigenvalue weighted by Gasteiger charge is -2.46. The summed E-state index contributed by atoms with van der Waals surface area (Å²) < 4.78 is 0. The maximum Gasteiger partial charge on any atom is 0.243 e. The second-order valence-corrected chi connectivity index (χ2v) is 9.55. The Hall–Kier alpha value is -2.95. The molecule has 4 heteroatoms. The van der Waals surface area contributed by atoms with E-state index < -0.39 is 5.54 Å². The molecule has 0 spiro atoms. The molecule has 0 atom stereocenters. The summed E-state index contributed by atoms with van der Waals surface area (Å²) in [6.07, 6.45) is 1.61. The van der Waals surface area contributed by atoms with E-state index in [1.807, 2.05) is 30.1 Å². The molecule has 4 nitrogen and oxygen atoms in total. The fraction of sp³-hybridized carbons (Fsp3) is 0.345. The van der Waals surface area contributed by atoms with Crippen molar-refractivity contribution in [2.45, 2.75) is 31.5 Å². The lowest BCUT2D eigenvalue weighted by atomic mass is 9.90. The smallest absolute Gasteiger partial charge is 0.243 e. The Bertz CT molecular complexity index is 1050. The SMILES string of the molecule is CN(Cc1ccccc1)C(=O)C1(N2CCN(Cc3ccccc3)CC2)Cc2ccccc2C1. The van der Waals surface area contributed by atoms with Crippen molar-refractivity contribution in [1.29, 1.82) is 0 Å². The third kappa shape index (κ3) is 4.59. The molecule has 1 amide bonds. The molecule has 1 aliphatic carbocycles. The number of carbonyl (C=O) groups is 1. The van der Waals surface area contributed by atoms with Gasteiger partial charge in [-0.25, -0.2) is 0 Å². The predicted molar refractivity (Wildman–Crippen MR) is 133 cm³/mol. The monoisotopic (exact) mass is 439 g/mol. The third-order valence-electron chi connectivity index (χ3n) is 7.32. The van der Waals surface area contributed by atoms with Crippen LogP contribution in [0.3, 0.4) is 0 Å². The van der Waals surface area contributed by atoms with Crippen molar-refractivity contribution in [3.05, 3.63) is 107 Å². The first-order chi connectivity index (χ1) is 16.1. The van der Waals surface area contributed by atoms with E-state index in [0.29, 0.717) is 6.54 Å². The number of likely N-dealkylation sites (N-methyl/N-ethyl adjacent to an activating group) is 1. The minimum Gasteiger partial charge on any atom is -0.340 e. The Labute approximate surface area is 197 Å². The topological polar surface area (TPSA) is 26.8 Å². The highest BCUT2D eigenvalue weighted by molar-refractivity contribution is 5.88. The molecule has 3 aromatic rings. The van der Waals surface area contributed by atoms with Gasteiger partial charge in [0.2, 0.25) is 5.91 Å². The van der Waals surface area contributed by atoms with Gasteiger partial charge in [0.15, 0.2) is 0 Å². The molecular weight excluding hydrogens is 406 g/mol. The Balaban J connectivity index is 1.34. The lowest BCUT2D eigenvalue weighted by molar-refractivity contribution is -0.145. The molecule has 5 rings (SSSR count).